The minimum atomic E-state index is -0.527. The maximum Gasteiger partial charge on any atom is 0.262 e. The van der Waals surface area contributed by atoms with Gasteiger partial charge in [-0.05, 0) is 155 Å². The molecule has 8 nitrogen and oxygen atoms in total. The molecule has 0 bridgehead atoms. The van der Waals surface area contributed by atoms with Crippen LogP contribution in [0.1, 0.15) is 108 Å². The first-order valence-electron chi connectivity index (χ1n) is 19.9. The molecule has 2 aliphatic rings. The van der Waals surface area contributed by atoms with Crippen LogP contribution in [-0.4, -0.2) is 22.0 Å². The van der Waals surface area contributed by atoms with Gasteiger partial charge in [0.15, 0.2) is 0 Å². The Kier molecular flexibility index (Phi) is 10.9. The van der Waals surface area contributed by atoms with Crippen LogP contribution in [0.5, 0.6) is 11.5 Å². The van der Waals surface area contributed by atoms with Gasteiger partial charge in [0.1, 0.15) is 35.5 Å². The number of carbonyl (C=O) groups excluding carboxylic acids is 2. The highest BCUT2D eigenvalue weighted by molar-refractivity contribution is 6.13. The second-order valence-corrected chi connectivity index (χ2v) is 17.5. The minimum absolute atomic E-state index is 0.163. The first-order valence-corrected chi connectivity index (χ1v) is 19.9. The summed E-state index contributed by atoms with van der Waals surface area (Å²) < 4.78 is 27.1. The second-order valence-electron chi connectivity index (χ2n) is 17.5. The molecule has 6 aromatic rings. The monoisotopic (exact) mass is 808 g/mol. The third-order valence-corrected chi connectivity index (χ3v) is 11.0. The van der Waals surface area contributed by atoms with Crippen molar-refractivity contribution in [3.63, 3.8) is 0 Å². The molecule has 6 aromatic carbocycles. The van der Waals surface area contributed by atoms with Gasteiger partial charge < -0.3 is 20.8 Å². The Hall–Kier alpha value is -6.68. The molecule has 60 heavy (non-hydrogen) atoms. The number of para-hydroxylation sites is 2. The Balaban J connectivity index is 0.000000185. The molecule has 2 heterocycles. The number of benzene rings is 6. The molecule has 0 radical (unpaired) electrons. The first kappa shape index (κ1) is 41.5. The average Bonchev–Trinajstić information content (AvgIpc) is 3.20. The van der Waals surface area contributed by atoms with E-state index in [9.17, 15) is 28.6 Å². The van der Waals surface area contributed by atoms with E-state index in [2.05, 4.69) is 52.2 Å². The number of anilines is 4. The van der Waals surface area contributed by atoms with Crippen molar-refractivity contribution in [2.75, 3.05) is 20.4 Å². The Bertz CT molecular complexity index is 2540. The van der Waals surface area contributed by atoms with Crippen LogP contribution in [-0.2, 0) is 10.8 Å². The van der Waals surface area contributed by atoms with Gasteiger partial charge in [-0.1, -0.05) is 65.8 Å². The molecule has 10 heteroatoms. The maximum atomic E-state index is 13.7. The number of fused-ring (bicyclic) bond motifs is 2. The van der Waals surface area contributed by atoms with Crippen LogP contribution >= 0.6 is 0 Å². The molecule has 8 rings (SSSR count). The van der Waals surface area contributed by atoms with E-state index < -0.39 is 12.3 Å². The van der Waals surface area contributed by atoms with Gasteiger partial charge in [-0.3, -0.25) is 19.4 Å². The summed E-state index contributed by atoms with van der Waals surface area (Å²) in [7, 11) is 0. The Morgan fingerprint density at radius 3 is 1.23 bits per heavy atom. The third kappa shape index (κ3) is 8.02. The lowest BCUT2D eigenvalue weighted by atomic mass is 9.78. The SMILES string of the molecule is CC(C)(C)c1cc(C2Nc3ccccc3C(=O)N2c2ccc(F)cc2)cc(C(C)(C)C)c1O.Cc1cc(C2Nc3ccccc3C(=O)N2c2ccc(F)cc2)cc(C)c1O. The average molecular weight is 809 g/mol. The van der Waals surface area contributed by atoms with E-state index in [1.165, 1.54) is 24.3 Å². The topological polar surface area (TPSA) is 105 Å². The smallest absolute Gasteiger partial charge is 0.262 e. The van der Waals surface area contributed by atoms with Gasteiger partial charge in [0.25, 0.3) is 11.8 Å². The lowest BCUT2D eigenvalue weighted by Gasteiger charge is -2.39. The Morgan fingerprint density at radius 2 is 0.867 bits per heavy atom. The minimum Gasteiger partial charge on any atom is -0.507 e. The largest absolute Gasteiger partial charge is 0.507 e. The number of hydrogen-bond donors (Lipinski definition) is 4. The van der Waals surface area contributed by atoms with Gasteiger partial charge in [-0.2, -0.15) is 0 Å². The molecule has 0 fully saturated rings. The molecule has 0 aromatic heterocycles. The molecular weight excluding hydrogens is 759 g/mol. The summed E-state index contributed by atoms with van der Waals surface area (Å²) in [6.07, 6.45) is -1.00. The number of phenols is 2. The van der Waals surface area contributed by atoms with Gasteiger partial charge in [0, 0.05) is 22.7 Å². The predicted octanol–water partition coefficient (Wildman–Crippen LogP) is 11.8. The van der Waals surface area contributed by atoms with Gasteiger partial charge in [0.05, 0.1) is 11.1 Å². The van der Waals surface area contributed by atoms with E-state index in [-0.39, 0.29) is 45.8 Å². The van der Waals surface area contributed by atoms with Crippen molar-refractivity contribution in [2.24, 2.45) is 0 Å². The van der Waals surface area contributed by atoms with Gasteiger partial charge in [-0.15, -0.1) is 0 Å². The van der Waals surface area contributed by atoms with Gasteiger partial charge in [0.2, 0.25) is 0 Å². The highest BCUT2D eigenvalue weighted by atomic mass is 19.1. The molecule has 4 N–H and O–H groups in total. The molecule has 0 aliphatic carbocycles. The normalized spacial score (nSPS) is 16.2. The number of hydrogen-bond acceptors (Lipinski definition) is 6. The summed E-state index contributed by atoms with van der Waals surface area (Å²) >= 11 is 0. The van der Waals surface area contributed by atoms with Crippen LogP contribution in [0.25, 0.3) is 0 Å². The predicted molar refractivity (Wildman–Crippen MR) is 235 cm³/mol. The van der Waals surface area contributed by atoms with Crippen LogP contribution < -0.4 is 20.4 Å². The molecule has 2 unspecified atom stereocenters. The summed E-state index contributed by atoms with van der Waals surface area (Å²) in [5.74, 6) is -0.510. The number of aryl methyl sites for hydroxylation is 2. The van der Waals surface area contributed by atoms with E-state index in [0.717, 1.165) is 44.8 Å². The van der Waals surface area contributed by atoms with E-state index in [1.54, 1.807) is 46.2 Å². The van der Waals surface area contributed by atoms with Crippen molar-refractivity contribution >= 4 is 34.6 Å². The number of rotatable bonds is 4. The highest BCUT2D eigenvalue weighted by Crippen LogP contribution is 2.44. The van der Waals surface area contributed by atoms with E-state index in [4.69, 9.17) is 0 Å². The zero-order chi connectivity index (χ0) is 43.3. The Labute approximate surface area is 350 Å². The number of halogens is 2. The highest BCUT2D eigenvalue weighted by Gasteiger charge is 2.37. The van der Waals surface area contributed by atoms with Crippen molar-refractivity contribution in [3.8, 4) is 11.5 Å². The van der Waals surface area contributed by atoms with E-state index in [0.29, 0.717) is 22.5 Å². The summed E-state index contributed by atoms with van der Waals surface area (Å²) in [5.41, 5.74) is 7.98. The number of carbonyl (C=O) groups is 2. The van der Waals surface area contributed by atoms with Crippen LogP contribution in [0.15, 0.2) is 121 Å². The molecular formula is C50H50F2N4O4. The molecule has 0 saturated carbocycles. The lowest BCUT2D eigenvalue weighted by Crippen LogP contribution is -2.43. The molecule has 0 spiro atoms. The van der Waals surface area contributed by atoms with Crippen LogP contribution in [0.3, 0.4) is 0 Å². The number of amides is 2. The van der Waals surface area contributed by atoms with Crippen molar-refractivity contribution in [1.29, 1.82) is 0 Å². The molecule has 0 saturated heterocycles. The number of aromatic hydroxyl groups is 2. The first-order chi connectivity index (χ1) is 28.3. The summed E-state index contributed by atoms with van der Waals surface area (Å²) in [6.45, 7) is 16.0. The quantitative estimate of drug-likeness (QED) is 0.141. The number of nitrogens with zero attached hydrogens (tertiary/aromatic N) is 2. The lowest BCUT2D eigenvalue weighted by molar-refractivity contribution is 0.0967. The van der Waals surface area contributed by atoms with Crippen molar-refractivity contribution in [1.82, 2.24) is 0 Å². The fourth-order valence-electron chi connectivity index (χ4n) is 7.81. The molecule has 2 atom stereocenters. The Morgan fingerprint density at radius 1 is 0.517 bits per heavy atom. The summed E-state index contributed by atoms with van der Waals surface area (Å²) in [4.78, 5) is 30.2. The standard InChI is InChI=1S/C28H31FN2O2.C22H19FN2O2/c1-27(2,3)21-15-17(16-22(24(21)32)28(4,5)6)25-30-23-10-8-7-9-20(23)26(33)31(25)19-13-11-18(29)12-14-19;1-13-11-15(12-14(2)20(13)26)21-24-19-6-4-3-5-18(19)22(27)25(21)17-9-7-16(23)8-10-17/h7-16,25,30,32H,1-6H3;3-12,21,24,26H,1-2H3. The van der Waals surface area contributed by atoms with E-state index in [1.807, 2.05) is 74.5 Å². The molecule has 2 amide bonds. The summed E-state index contributed by atoms with van der Waals surface area (Å²) in [5, 5.41) is 28.2. The second kappa shape index (κ2) is 15.8. The van der Waals surface area contributed by atoms with Crippen LogP contribution in [0.4, 0.5) is 31.5 Å². The zero-order valence-corrected chi connectivity index (χ0v) is 35.1. The van der Waals surface area contributed by atoms with Crippen LogP contribution in [0, 0.1) is 25.5 Å². The van der Waals surface area contributed by atoms with Gasteiger partial charge >= 0.3 is 0 Å². The summed E-state index contributed by atoms with van der Waals surface area (Å²) in [6, 6.07) is 34.2. The fourth-order valence-corrected chi connectivity index (χ4v) is 7.81. The zero-order valence-electron chi connectivity index (χ0n) is 35.1. The van der Waals surface area contributed by atoms with Crippen molar-refractivity contribution in [3.05, 3.63) is 177 Å². The van der Waals surface area contributed by atoms with E-state index >= 15 is 0 Å². The van der Waals surface area contributed by atoms with Crippen molar-refractivity contribution in [2.45, 2.75) is 78.6 Å². The van der Waals surface area contributed by atoms with Gasteiger partial charge in [-0.25, -0.2) is 8.78 Å². The molecule has 2 aliphatic heterocycles. The fraction of sp³-hybridized carbons (Fsp3) is 0.240. The maximum absolute atomic E-state index is 13.7. The number of nitrogens with one attached hydrogen (secondary N) is 2. The van der Waals surface area contributed by atoms with Crippen molar-refractivity contribution < 1.29 is 28.6 Å². The molecule has 308 valence electrons. The van der Waals surface area contributed by atoms with Crippen LogP contribution in [0.2, 0.25) is 0 Å². The number of phenolic OH excluding ortho intramolecular Hbond substituents is 2. The third-order valence-electron chi connectivity index (χ3n) is 11.0.